The van der Waals surface area contributed by atoms with E-state index in [1.807, 2.05) is 0 Å². The summed E-state index contributed by atoms with van der Waals surface area (Å²) in [5.74, 6) is -1.05. The van der Waals surface area contributed by atoms with Gasteiger partial charge in [0.1, 0.15) is 10.6 Å². The van der Waals surface area contributed by atoms with Crippen LogP contribution >= 0.6 is 0 Å². The van der Waals surface area contributed by atoms with Crippen LogP contribution in [0.4, 0.5) is 0 Å². The molecule has 1 aliphatic heterocycles. The van der Waals surface area contributed by atoms with Gasteiger partial charge in [-0.3, -0.25) is 4.79 Å². The molecule has 1 fully saturated rings. The highest BCUT2D eigenvalue weighted by molar-refractivity contribution is 7.89. The topological polar surface area (TPSA) is 102 Å². The zero-order valence-electron chi connectivity index (χ0n) is 19.6. The van der Waals surface area contributed by atoms with Crippen LogP contribution in [0.15, 0.2) is 53.4 Å². The molecule has 1 unspecified atom stereocenters. The molecule has 0 aliphatic carbocycles. The number of benzene rings is 2. The van der Waals surface area contributed by atoms with Crippen molar-refractivity contribution < 1.29 is 32.2 Å². The van der Waals surface area contributed by atoms with Crippen molar-refractivity contribution in [2.24, 2.45) is 0 Å². The second-order valence-corrected chi connectivity index (χ2v) is 9.50. The molecule has 9 nitrogen and oxygen atoms in total. The molecule has 2 aromatic rings. The highest BCUT2D eigenvalue weighted by atomic mass is 32.2. The molecule has 0 bridgehead atoms. The number of carbonyl (C=O) groups is 2. The van der Waals surface area contributed by atoms with E-state index in [2.05, 4.69) is 0 Å². The third-order valence-electron chi connectivity index (χ3n) is 5.60. The average molecular weight is 491 g/mol. The van der Waals surface area contributed by atoms with Crippen molar-refractivity contribution in [2.75, 3.05) is 46.5 Å². The maximum Gasteiger partial charge on any atom is 0.339 e. The molecule has 0 saturated carbocycles. The minimum absolute atomic E-state index is 0.00207. The Kier molecular flexibility index (Phi) is 8.65. The summed E-state index contributed by atoms with van der Waals surface area (Å²) in [5.41, 5.74) is 0.527. The van der Waals surface area contributed by atoms with E-state index in [1.54, 1.807) is 49.1 Å². The van der Waals surface area contributed by atoms with Gasteiger partial charge in [0.25, 0.3) is 5.91 Å². The molecule has 34 heavy (non-hydrogen) atoms. The molecule has 184 valence electrons. The molecular formula is C24H30N2O7S. The number of rotatable bonds is 9. The Balaban J connectivity index is 1.94. The number of esters is 1. The lowest BCUT2D eigenvalue weighted by Crippen LogP contribution is -2.44. The van der Waals surface area contributed by atoms with Crippen molar-refractivity contribution in [1.29, 1.82) is 0 Å². The van der Waals surface area contributed by atoms with Crippen LogP contribution < -0.4 is 4.74 Å². The molecule has 0 radical (unpaired) electrons. The zero-order valence-corrected chi connectivity index (χ0v) is 20.4. The second-order valence-electron chi connectivity index (χ2n) is 7.59. The molecule has 0 N–H and O–H groups in total. The van der Waals surface area contributed by atoms with Crippen LogP contribution in [0, 0.1) is 0 Å². The SMILES string of the molecule is CCN(CC)S(=O)(=O)c1cc(C(=O)OC(C(=O)N2CCOCC2)c2ccccc2)ccc1OC. The summed E-state index contributed by atoms with van der Waals surface area (Å²) in [6, 6.07) is 12.8. The highest BCUT2D eigenvalue weighted by Gasteiger charge is 2.32. The van der Waals surface area contributed by atoms with E-state index in [1.165, 1.54) is 29.6 Å². The lowest BCUT2D eigenvalue weighted by molar-refractivity contribution is -0.145. The highest BCUT2D eigenvalue weighted by Crippen LogP contribution is 2.29. The van der Waals surface area contributed by atoms with Crippen molar-refractivity contribution >= 4 is 21.9 Å². The van der Waals surface area contributed by atoms with Crippen molar-refractivity contribution in [3.8, 4) is 5.75 Å². The molecular weight excluding hydrogens is 460 g/mol. The van der Waals surface area contributed by atoms with Gasteiger partial charge in [-0.2, -0.15) is 4.31 Å². The van der Waals surface area contributed by atoms with E-state index in [4.69, 9.17) is 14.2 Å². The van der Waals surface area contributed by atoms with Crippen LogP contribution in [0.25, 0.3) is 0 Å². The summed E-state index contributed by atoms with van der Waals surface area (Å²) in [6.07, 6.45) is -1.17. The summed E-state index contributed by atoms with van der Waals surface area (Å²) in [6.45, 7) is 5.60. The van der Waals surface area contributed by atoms with Gasteiger partial charge >= 0.3 is 5.97 Å². The number of hydrogen-bond acceptors (Lipinski definition) is 7. The zero-order chi connectivity index (χ0) is 24.7. The molecule has 0 spiro atoms. The standard InChI is InChI=1S/C24H30N2O7S/c1-4-26(5-2)34(29,30)21-17-19(11-12-20(21)31-3)24(28)33-22(18-9-7-6-8-10-18)23(27)25-13-15-32-16-14-25/h6-12,17,22H,4-5,13-16H2,1-3H3. The van der Waals surface area contributed by atoms with Crippen molar-refractivity contribution in [3.63, 3.8) is 0 Å². The molecule has 2 aromatic carbocycles. The number of sulfonamides is 1. The number of morpholine rings is 1. The van der Waals surface area contributed by atoms with E-state index in [9.17, 15) is 18.0 Å². The maximum atomic E-state index is 13.2. The Morgan fingerprint density at radius 3 is 2.29 bits per heavy atom. The first-order chi connectivity index (χ1) is 16.3. The quantitative estimate of drug-likeness (QED) is 0.498. The maximum absolute atomic E-state index is 13.2. The lowest BCUT2D eigenvalue weighted by atomic mass is 10.1. The normalized spacial score (nSPS) is 15.1. The van der Waals surface area contributed by atoms with Gasteiger partial charge in [0.15, 0.2) is 0 Å². The van der Waals surface area contributed by atoms with Crippen LogP contribution in [-0.2, 0) is 24.3 Å². The summed E-state index contributed by atoms with van der Waals surface area (Å²) in [7, 11) is -2.54. The van der Waals surface area contributed by atoms with Gasteiger partial charge in [0.05, 0.1) is 25.9 Å². The fraction of sp³-hybridized carbons (Fsp3) is 0.417. The monoisotopic (exact) mass is 490 g/mol. The number of amides is 1. The molecule has 1 amide bonds. The minimum atomic E-state index is -3.90. The predicted octanol–water partition coefficient (Wildman–Crippen LogP) is 2.48. The van der Waals surface area contributed by atoms with Crippen molar-refractivity contribution in [3.05, 3.63) is 59.7 Å². The van der Waals surface area contributed by atoms with Crippen LogP contribution in [0.1, 0.15) is 35.9 Å². The van der Waals surface area contributed by atoms with Gasteiger partial charge in [0, 0.05) is 31.7 Å². The number of methoxy groups -OCH3 is 1. The van der Waals surface area contributed by atoms with Gasteiger partial charge in [-0.1, -0.05) is 44.2 Å². The smallest absolute Gasteiger partial charge is 0.339 e. The molecule has 1 aliphatic rings. The average Bonchev–Trinajstić information content (AvgIpc) is 2.88. The third-order valence-corrected chi connectivity index (χ3v) is 7.67. The number of carbonyl (C=O) groups excluding carboxylic acids is 2. The van der Waals surface area contributed by atoms with Gasteiger partial charge < -0.3 is 19.1 Å². The Hall–Kier alpha value is -2.95. The molecule has 1 atom stereocenters. The van der Waals surface area contributed by atoms with Crippen molar-refractivity contribution in [1.82, 2.24) is 9.21 Å². The molecule has 0 aromatic heterocycles. The van der Waals surface area contributed by atoms with E-state index >= 15 is 0 Å². The van der Waals surface area contributed by atoms with E-state index in [-0.39, 0.29) is 35.2 Å². The summed E-state index contributed by atoms with van der Waals surface area (Å²) in [4.78, 5) is 27.8. The van der Waals surface area contributed by atoms with Gasteiger partial charge in [-0.25, -0.2) is 13.2 Å². The number of ether oxygens (including phenoxy) is 3. The van der Waals surface area contributed by atoms with Crippen molar-refractivity contribution in [2.45, 2.75) is 24.8 Å². The Bertz CT molecular complexity index is 1100. The van der Waals surface area contributed by atoms with Crippen LogP contribution in [0.3, 0.4) is 0 Å². The first-order valence-corrected chi connectivity index (χ1v) is 12.6. The first kappa shape index (κ1) is 25.7. The van der Waals surface area contributed by atoms with Gasteiger partial charge in [0.2, 0.25) is 16.1 Å². The van der Waals surface area contributed by atoms with Gasteiger partial charge in [-0.05, 0) is 18.2 Å². The van der Waals surface area contributed by atoms with E-state index < -0.39 is 22.1 Å². The Labute approximate surface area is 200 Å². The van der Waals surface area contributed by atoms with E-state index in [0.29, 0.717) is 31.9 Å². The molecule has 10 heteroatoms. The summed E-state index contributed by atoms with van der Waals surface area (Å²) < 4.78 is 43.8. The number of nitrogens with zero attached hydrogens (tertiary/aromatic N) is 2. The number of hydrogen-bond donors (Lipinski definition) is 0. The third kappa shape index (κ3) is 5.57. The second kappa shape index (κ2) is 11.5. The minimum Gasteiger partial charge on any atom is -0.495 e. The summed E-state index contributed by atoms with van der Waals surface area (Å²) in [5, 5.41) is 0. The van der Waals surface area contributed by atoms with Crippen LogP contribution in [0.5, 0.6) is 5.75 Å². The fourth-order valence-corrected chi connectivity index (χ4v) is 5.36. The Morgan fingerprint density at radius 1 is 1.06 bits per heavy atom. The van der Waals surface area contributed by atoms with Crippen LogP contribution in [0.2, 0.25) is 0 Å². The fourth-order valence-electron chi connectivity index (χ4n) is 3.72. The molecule has 3 rings (SSSR count). The van der Waals surface area contributed by atoms with E-state index in [0.717, 1.165) is 0 Å². The predicted molar refractivity (Wildman–Crippen MR) is 125 cm³/mol. The lowest BCUT2D eigenvalue weighted by Gasteiger charge is -2.30. The Morgan fingerprint density at radius 2 is 1.71 bits per heavy atom. The largest absolute Gasteiger partial charge is 0.495 e. The first-order valence-electron chi connectivity index (χ1n) is 11.1. The summed E-state index contributed by atoms with van der Waals surface area (Å²) >= 11 is 0. The van der Waals surface area contributed by atoms with Gasteiger partial charge in [-0.15, -0.1) is 0 Å². The molecule has 1 saturated heterocycles. The molecule has 1 heterocycles. The van der Waals surface area contributed by atoms with Crippen LogP contribution in [-0.4, -0.2) is 76.0 Å².